The van der Waals surface area contributed by atoms with Gasteiger partial charge in [-0.3, -0.25) is 0 Å². The van der Waals surface area contributed by atoms with Gasteiger partial charge < -0.3 is 15.0 Å². The van der Waals surface area contributed by atoms with E-state index in [1.54, 1.807) is 7.11 Å². The Morgan fingerprint density at radius 3 is 2.73 bits per heavy atom. The number of benzene rings is 1. The quantitative estimate of drug-likeness (QED) is 0.801. The zero-order valence-electron chi connectivity index (χ0n) is 9.95. The lowest BCUT2D eigenvalue weighted by molar-refractivity contribution is 0.326. The smallest absolute Gasteiger partial charge is 0.120 e. The number of nitrogens with one attached hydrogen (secondary N) is 1. The van der Waals surface area contributed by atoms with Crippen LogP contribution in [0.15, 0.2) is 24.3 Å². The van der Waals surface area contributed by atoms with Gasteiger partial charge in [0.05, 0.1) is 7.11 Å². The molecule has 0 saturated carbocycles. The summed E-state index contributed by atoms with van der Waals surface area (Å²) >= 11 is 0. The molecular formula is C12H20N2O. The number of rotatable bonds is 5. The molecule has 0 radical (unpaired) electrons. The van der Waals surface area contributed by atoms with E-state index in [4.69, 9.17) is 4.74 Å². The fourth-order valence-electron chi connectivity index (χ4n) is 1.18. The molecular weight excluding hydrogens is 188 g/mol. The molecule has 0 aromatic heterocycles. The largest absolute Gasteiger partial charge is 0.497 e. The Hall–Kier alpha value is -1.22. The topological polar surface area (TPSA) is 24.5 Å². The first-order valence-corrected chi connectivity index (χ1v) is 5.18. The molecule has 0 heterocycles. The molecule has 3 heteroatoms. The molecule has 0 aliphatic rings. The molecule has 1 atom stereocenters. The molecule has 0 aliphatic heterocycles. The van der Waals surface area contributed by atoms with Crippen LogP contribution >= 0.6 is 0 Å². The van der Waals surface area contributed by atoms with Crippen LogP contribution in [-0.4, -0.2) is 38.7 Å². The maximum absolute atomic E-state index is 5.16. The fourth-order valence-corrected chi connectivity index (χ4v) is 1.18. The molecule has 0 saturated heterocycles. The van der Waals surface area contributed by atoms with E-state index in [-0.39, 0.29) is 0 Å². The maximum Gasteiger partial charge on any atom is 0.120 e. The van der Waals surface area contributed by atoms with Crippen molar-refractivity contribution < 1.29 is 4.74 Å². The van der Waals surface area contributed by atoms with Gasteiger partial charge in [-0.25, -0.2) is 0 Å². The number of hydrogen-bond acceptors (Lipinski definition) is 3. The van der Waals surface area contributed by atoms with Crippen LogP contribution in [0.4, 0.5) is 5.69 Å². The van der Waals surface area contributed by atoms with E-state index in [1.807, 2.05) is 24.3 Å². The molecule has 0 aliphatic carbocycles. The summed E-state index contributed by atoms with van der Waals surface area (Å²) in [4.78, 5) is 2.19. The highest BCUT2D eigenvalue weighted by atomic mass is 16.5. The number of methoxy groups -OCH3 is 1. The van der Waals surface area contributed by atoms with Gasteiger partial charge in [-0.05, 0) is 33.2 Å². The molecule has 15 heavy (non-hydrogen) atoms. The van der Waals surface area contributed by atoms with Crippen LogP contribution in [0.3, 0.4) is 0 Å². The van der Waals surface area contributed by atoms with Crippen molar-refractivity contribution >= 4 is 5.69 Å². The summed E-state index contributed by atoms with van der Waals surface area (Å²) in [7, 11) is 5.84. The van der Waals surface area contributed by atoms with Crippen molar-refractivity contribution in [1.82, 2.24) is 4.90 Å². The van der Waals surface area contributed by atoms with E-state index in [1.165, 1.54) is 0 Å². The van der Waals surface area contributed by atoms with Gasteiger partial charge in [-0.2, -0.15) is 0 Å². The lowest BCUT2D eigenvalue weighted by Crippen LogP contribution is -2.31. The highest BCUT2D eigenvalue weighted by Gasteiger charge is 2.03. The standard InChI is InChI=1S/C12H20N2O/c1-10(14(2)3)9-13-11-6-5-7-12(8-11)15-4/h5-8,10,13H,9H2,1-4H3. The molecule has 0 bridgehead atoms. The van der Waals surface area contributed by atoms with Gasteiger partial charge in [-0.15, -0.1) is 0 Å². The van der Waals surface area contributed by atoms with Gasteiger partial charge in [0, 0.05) is 24.3 Å². The molecule has 0 fully saturated rings. The minimum absolute atomic E-state index is 0.510. The summed E-state index contributed by atoms with van der Waals surface area (Å²) in [5.41, 5.74) is 1.10. The van der Waals surface area contributed by atoms with Gasteiger partial charge in [0.15, 0.2) is 0 Å². The maximum atomic E-state index is 5.16. The lowest BCUT2D eigenvalue weighted by Gasteiger charge is -2.20. The van der Waals surface area contributed by atoms with Crippen LogP contribution in [0.5, 0.6) is 5.75 Å². The van der Waals surface area contributed by atoms with Crippen LogP contribution in [0, 0.1) is 0 Å². The van der Waals surface area contributed by atoms with Crippen molar-refractivity contribution in [1.29, 1.82) is 0 Å². The summed E-state index contributed by atoms with van der Waals surface area (Å²) < 4.78 is 5.16. The van der Waals surface area contributed by atoms with E-state index in [2.05, 4.69) is 31.2 Å². The Morgan fingerprint density at radius 1 is 1.40 bits per heavy atom. The van der Waals surface area contributed by atoms with Crippen LogP contribution in [-0.2, 0) is 0 Å². The third kappa shape index (κ3) is 3.80. The Bertz CT molecular complexity index is 299. The van der Waals surface area contributed by atoms with Crippen molar-refractivity contribution in [2.75, 3.05) is 33.1 Å². The first-order chi connectivity index (χ1) is 7.13. The number of hydrogen-bond donors (Lipinski definition) is 1. The Labute approximate surface area is 92.0 Å². The number of ether oxygens (including phenoxy) is 1. The SMILES string of the molecule is COc1cccc(NCC(C)N(C)C)c1. The Morgan fingerprint density at radius 2 is 2.13 bits per heavy atom. The summed E-state index contributed by atoms with van der Waals surface area (Å²) in [5, 5.41) is 3.38. The predicted molar refractivity (Wildman–Crippen MR) is 64.6 cm³/mol. The average molecular weight is 208 g/mol. The van der Waals surface area contributed by atoms with Gasteiger partial charge in [0.25, 0.3) is 0 Å². The van der Waals surface area contributed by atoms with E-state index in [0.29, 0.717) is 6.04 Å². The van der Waals surface area contributed by atoms with Crippen molar-refractivity contribution in [2.45, 2.75) is 13.0 Å². The molecule has 1 aromatic rings. The molecule has 0 spiro atoms. The van der Waals surface area contributed by atoms with E-state index in [9.17, 15) is 0 Å². The lowest BCUT2D eigenvalue weighted by atomic mass is 10.2. The summed E-state index contributed by atoms with van der Waals surface area (Å²) in [6.45, 7) is 3.12. The Balaban J connectivity index is 2.50. The second-order valence-electron chi connectivity index (χ2n) is 3.93. The van der Waals surface area contributed by atoms with Crippen molar-refractivity contribution in [3.05, 3.63) is 24.3 Å². The van der Waals surface area contributed by atoms with Crippen LogP contribution < -0.4 is 10.1 Å². The van der Waals surface area contributed by atoms with Gasteiger partial charge >= 0.3 is 0 Å². The molecule has 3 nitrogen and oxygen atoms in total. The van der Waals surface area contributed by atoms with Crippen LogP contribution in [0.2, 0.25) is 0 Å². The van der Waals surface area contributed by atoms with Crippen LogP contribution in [0.25, 0.3) is 0 Å². The fraction of sp³-hybridized carbons (Fsp3) is 0.500. The first-order valence-electron chi connectivity index (χ1n) is 5.18. The van der Waals surface area contributed by atoms with Crippen molar-refractivity contribution in [3.63, 3.8) is 0 Å². The zero-order chi connectivity index (χ0) is 11.3. The second-order valence-corrected chi connectivity index (χ2v) is 3.93. The number of anilines is 1. The van der Waals surface area contributed by atoms with Crippen molar-refractivity contribution in [3.8, 4) is 5.75 Å². The monoisotopic (exact) mass is 208 g/mol. The van der Waals surface area contributed by atoms with Gasteiger partial charge in [0.2, 0.25) is 0 Å². The highest BCUT2D eigenvalue weighted by Crippen LogP contribution is 2.16. The zero-order valence-corrected chi connectivity index (χ0v) is 9.95. The Kier molecular flexibility index (Phi) is 4.43. The molecule has 84 valence electrons. The van der Waals surface area contributed by atoms with Crippen LogP contribution in [0.1, 0.15) is 6.92 Å². The average Bonchev–Trinajstić information content (AvgIpc) is 2.26. The third-order valence-electron chi connectivity index (χ3n) is 2.55. The molecule has 1 rings (SSSR count). The van der Waals surface area contributed by atoms with E-state index < -0.39 is 0 Å². The molecule has 1 unspecified atom stereocenters. The third-order valence-corrected chi connectivity index (χ3v) is 2.55. The molecule has 1 aromatic carbocycles. The highest BCUT2D eigenvalue weighted by molar-refractivity contribution is 5.48. The minimum Gasteiger partial charge on any atom is -0.497 e. The van der Waals surface area contributed by atoms with Crippen molar-refractivity contribution in [2.24, 2.45) is 0 Å². The minimum atomic E-state index is 0.510. The summed E-state index contributed by atoms with van der Waals surface area (Å²) in [6.07, 6.45) is 0. The number of nitrogens with zero attached hydrogens (tertiary/aromatic N) is 1. The van der Waals surface area contributed by atoms with Gasteiger partial charge in [0.1, 0.15) is 5.75 Å². The van der Waals surface area contributed by atoms with E-state index in [0.717, 1.165) is 18.0 Å². The van der Waals surface area contributed by atoms with E-state index >= 15 is 0 Å². The number of likely N-dealkylation sites (N-methyl/N-ethyl adjacent to an activating group) is 1. The second kappa shape index (κ2) is 5.61. The first kappa shape index (κ1) is 11.9. The van der Waals surface area contributed by atoms with Gasteiger partial charge in [-0.1, -0.05) is 6.07 Å². The normalized spacial score (nSPS) is 12.6. The summed E-state index contributed by atoms with van der Waals surface area (Å²) in [5.74, 6) is 0.887. The molecule has 0 amide bonds. The molecule has 1 N–H and O–H groups in total. The summed E-state index contributed by atoms with van der Waals surface area (Å²) in [6, 6.07) is 8.49. The predicted octanol–water partition coefficient (Wildman–Crippen LogP) is 2.06.